The van der Waals surface area contributed by atoms with E-state index >= 15 is 0 Å². The standard InChI is InChI=1S/C27H26N2.2H2/c1-21-15-17-29-27(18-21)26(24-11-7-12-24)20-23-10-5-6-16-28-25(19-23)14-13-22-8-3-2-4-9-22;;/h2-5,7-9,11-12,15-17,19-21H,10,13-14,18H2,1H3;2*1H/b23-19+,26-20+,28-25?;;. The van der Waals surface area contributed by atoms with Crippen LogP contribution in [0.3, 0.4) is 0 Å². The average Bonchev–Trinajstić information content (AvgIpc) is 2.67. The van der Waals surface area contributed by atoms with Gasteiger partial charge in [-0.25, -0.2) is 0 Å². The van der Waals surface area contributed by atoms with Crippen molar-refractivity contribution in [1.82, 2.24) is 0 Å². The molecule has 1 aromatic rings. The fourth-order valence-corrected chi connectivity index (χ4v) is 3.59. The molecule has 0 radical (unpaired) electrons. The van der Waals surface area contributed by atoms with Gasteiger partial charge in [0, 0.05) is 26.0 Å². The fourth-order valence-electron chi connectivity index (χ4n) is 3.59. The maximum Gasteiger partial charge on any atom is 0.0686 e. The number of nitrogens with zero attached hydrogens (tertiary/aromatic N) is 2. The number of allylic oxidation sites excluding steroid dienone is 10. The third-order valence-corrected chi connectivity index (χ3v) is 5.29. The van der Waals surface area contributed by atoms with Gasteiger partial charge >= 0.3 is 0 Å². The van der Waals surface area contributed by atoms with Crippen molar-refractivity contribution < 1.29 is 2.85 Å². The molecule has 1 aliphatic carbocycles. The molecule has 0 bridgehead atoms. The number of hydrogen-bond donors (Lipinski definition) is 0. The lowest BCUT2D eigenvalue weighted by Gasteiger charge is -2.20. The van der Waals surface area contributed by atoms with Crippen molar-refractivity contribution in [2.45, 2.75) is 32.6 Å². The predicted molar refractivity (Wildman–Crippen MR) is 127 cm³/mol. The van der Waals surface area contributed by atoms with E-state index in [0.29, 0.717) is 5.92 Å². The molecular weight excluding hydrogens is 352 g/mol. The van der Waals surface area contributed by atoms with Gasteiger partial charge in [-0.15, -0.1) is 5.73 Å². The fraction of sp³-hybridized carbons (Fsp3) is 0.222. The van der Waals surface area contributed by atoms with Crippen LogP contribution in [-0.4, -0.2) is 11.4 Å². The Morgan fingerprint density at radius 2 is 2.07 bits per heavy atom. The lowest BCUT2D eigenvalue weighted by atomic mass is 9.87. The van der Waals surface area contributed by atoms with Crippen LogP contribution < -0.4 is 0 Å². The van der Waals surface area contributed by atoms with E-state index in [2.05, 4.69) is 89.4 Å². The molecule has 4 rings (SSSR count). The molecule has 0 N–H and O–H groups in total. The number of rotatable bonds is 6. The van der Waals surface area contributed by atoms with Gasteiger partial charge in [0.2, 0.25) is 0 Å². The summed E-state index contributed by atoms with van der Waals surface area (Å²) in [4.78, 5) is 9.32. The second kappa shape index (κ2) is 9.32. The minimum atomic E-state index is 0. The first kappa shape index (κ1) is 19.1. The van der Waals surface area contributed by atoms with Gasteiger partial charge in [0.05, 0.1) is 6.20 Å². The molecule has 0 spiro atoms. The summed E-state index contributed by atoms with van der Waals surface area (Å²) < 4.78 is 0. The quantitative estimate of drug-likeness (QED) is 0.475. The van der Waals surface area contributed by atoms with Gasteiger partial charge in [0.15, 0.2) is 0 Å². The van der Waals surface area contributed by atoms with Crippen LogP contribution in [0.2, 0.25) is 0 Å². The molecule has 3 aliphatic rings. The Morgan fingerprint density at radius 1 is 1.21 bits per heavy atom. The third-order valence-electron chi connectivity index (χ3n) is 5.29. The van der Waals surface area contributed by atoms with Crippen LogP contribution in [0.25, 0.3) is 0 Å². The zero-order chi connectivity index (χ0) is 19.9. The molecule has 0 saturated carbocycles. The summed E-state index contributed by atoms with van der Waals surface area (Å²) in [6.07, 6.45) is 22.6. The smallest absolute Gasteiger partial charge is 0.0686 e. The molecule has 29 heavy (non-hydrogen) atoms. The molecule has 2 heteroatoms. The Bertz CT molecular complexity index is 1040. The number of aliphatic imine (C=N–C) groups is 2. The second-order valence-corrected chi connectivity index (χ2v) is 7.67. The Hall–Kier alpha value is -3.22. The zero-order valence-corrected chi connectivity index (χ0v) is 16.9. The summed E-state index contributed by atoms with van der Waals surface area (Å²) in [6.45, 7) is 2.24. The first-order valence-electron chi connectivity index (χ1n) is 10.3. The summed E-state index contributed by atoms with van der Waals surface area (Å²) in [6, 6.07) is 10.6. The van der Waals surface area contributed by atoms with Gasteiger partial charge < -0.3 is 0 Å². The molecule has 1 aromatic carbocycles. The first-order chi connectivity index (χ1) is 14.3. The summed E-state index contributed by atoms with van der Waals surface area (Å²) in [5, 5.41) is 0. The van der Waals surface area contributed by atoms with Gasteiger partial charge in [0.25, 0.3) is 0 Å². The third kappa shape index (κ3) is 5.19. The van der Waals surface area contributed by atoms with Crippen LogP contribution >= 0.6 is 0 Å². The first-order valence-corrected chi connectivity index (χ1v) is 10.3. The van der Waals surface area contributed by atoms with Crippen molar-refractivity contribution in [2.24, 2.45) is 15.9 Å². The van der Waals surface area contributed by atoms with E-state index in [9.17, 15) is 0 Å². The van der Waals surface area contributed by atoms with Gasteiger partial charge in [0.1, 0.15) is 0 Å². The lowest BCUT2D eigenvalue weighted by Crippen LogP contribution is -2.13. The van der Waals surface area contributed by atoms with Gasteiger partial charge in [-0.2, -0.15) is 0 Å². The molecule has 2 nitrogen and oxygen atoms in total. The van der Waals surface area contributed by atoms with Crippen LogP contribution in [-0.2, 0) is 6.42 Å². The summed E-state index contributed by atoms with van der Waals surface area (Å²) >= 11 is 0. The molecule has 1 atom stereocenters. The van der Waals surface area contributed by atoms with Crippen molar-refractivity contribution in [1.29, 1.82) is 0 Å². The number of aryl methyl sites for hydroxylation is 1. The highest BCUT2D eigenvalue weighted by molar-refractivity contribution is 6.06. The van der Waals surface area contributed by atoms with Crippen LogP contribution in [0.5, 0.6) is 0 Å². The van der Waals surface area contributed by atoms with Crippen LogP contribution in [0.15, 0.2) is 118 Å². The second-order valence-electron chi connectivity index (χ2n) is 7.67. The van der Waals surface area contributed by atoms with Crippen molar-refractivity contribution in [3.8, 4) is 0 Å². The van der Waals surface area contributed by atoms with Crippen LogP contribution in [0.1, 0.15) is 34.6 Å². The lowest BCUT2D eigenvalue weighted by molar-refractivity contribution is 0.755. The monoisotopic (exact) mass is 382 g/mol. The molecule has 1 unspecified atom stereocenters. The molecule has 2 heterocycles. The van der Waals surface area contributed by atoms with Gasteiger partial charge in [-0.1, -0.05) is 61.6 Å². The Kier molecular flexibility index (Phi) is 6.14. The normalized spacial score (nSPS) is 22.7. The minimum Gasteiger partial charge on any atom is -0.261 e. The van der Waals surface area contributed by atoms with Gasteiger partial charge in [-0.3, -0.25) is 9.98 Å². The van der Waals surface area contributed by atoms with E-state index in [1.807, 2.05) is 12.3 Å². The highest BCUT2D eigenvalue weighted by atomic mass is 14.7. The van der Waals surface area contributed by atoms with Gasteiger partial charge in [-0.05, 0) is 66.5 Å². The highest BCUT2D eigenvalue weighted by Gasteiger charge is 2.17. The Labute approximate surface area is 176 Å². The maximum atomic E-state index is 4.69. The predicted octanol–water partition coefficient (Wildman–Crippen LogP) is 6.97. The van der Waals surface area contributed by atoms with E-state index in [-0.39, 0.29) is 2.85 Å². The van der Waals surface area contributed by atoms with Crippen molar-refractivity contribution >= 4 is 11.4 Å². The van der Waals surface area contributed by atoms with E-state index < -0.39 is 0 Å². The molecule has 0 saturated heterocycles. The van der Waals surface area contributed by atoms with Crippen LogP contribution in [0.4, 0.5) is 0 Å². The van der Waals surface area contributed by atoms with E-state index in [0.717, 1.165) is 31.4 Å². The SMILES string of the molecule is CC1C=CN=C(/C(=C/C2=C/C(CCc3ccccc3)=NC=C=CC2)C2=CC=C2)C1.[HH].[HH]. The number of hydrogen-bond acceptors (Lipinski definition) is 2. The largest absolute Gasteiger partial charge is 0.261 e. The average molecular weight is 383 g/mol. The zero-order valence-electron chi connectivity index (χ0n) is 16.9. The molecule has 0 fully saturated rings. The summed E-state index contributed by atoms with van der Waals surface area (Å²) in [7, 11) is 0. The Morgan fingerprint density at radius 3 is 2.83 bits per heavy atom. The van der Waals surface area contributed by atoms with E-state index in [4.69, 9.17) is 0 Å². The Balaban J connectivity index is 0.00000171. The van der Waals surface area contributed by atoms with Crippen molar-refractivity contribution in [2.75, 3.05) is 0 Å². The topological polar surface area (TPSA) is 24.7 Å². The maximum absolute atomic E-state index is 4.69. The van der Waals surface area contributed by atoms with E-state index in [1.54, 1.807) is 6.20 Å². The van der Waals surface area contributed by atoms with Crippen LogP contribution in [0, 0.1) is 5.92 Å². The molecule has 148 valence electrons. The van der Waals surface area contributed by atoms with Crippen molar-refractivity contribution in [3.05, 3.63) is 113 Å². The summed E-state index contributed by atoms with van der Waals surface area (Å²) in [5.41, 5.74) is 10.5. The summed E-state index contributed by atoms with van der Waals surface area (Å²) in [5.74, 6) is 0.521. The van der Waals surface area contributed by atoms with E-state index in [1.165, 1.54) is 28.0 Å². The molecule has 0 amide bonds. The molecule has 0 aromatic heterocycles. The molecule has 2 aliphatic heterocycles. The minimum absolute atomic E-state index is 0. The number of benzene rings is 1. The van der Waals surface area contributed by atoms with Crippen molar-refractivity contribution in [3.63, 3.8) is 0 Å². The highest BCUT2D eigenvalue weighted by Crippen LogP contribution is 2.27. The molecular formula is C27H30N2.